The predicted molar refractivity (Wildman–Crippen MR) is 192 cm³/mol. The summed E-state index contributed by atoms with van der Waals surface area (Å²) in [5, 5.41) is 3.99. The van der Waals surface area contributed by atoms with E-state index in [0.29, 0.717) is 0 Å². The molecule has 7 aromatic rings. The summed E-state index contributed by atoms with van der Waals surface area (Å²) >= 11 is 0. The number of hydrogen-bond donors (Lipinski definition) is 1. The van der Waals surface area contributed by atoms with Crippen LogP contribution in [0.3, 0.4) is 0 Å². The third-order valence-electron chi connectivity index (χ3n) is 8.89. The molecule has 0 saturated heterocycles. The Morgan fingerprint density at radius 1 is 0.435 bits per heavy atom. The molecule has 0 saturated carbocycles. The predicted octanol–water partition coefficient (Wildman–Crippen LogP) is 10.8. The maximum atomic E-state index is 4.30. The van der Waals surface area contributed by atoms with Crippen molar-refractivity contribution in [3.05, 3.63) is 199 Å². The normalized spacial score (nSPS) is 12.4. The second kappa shape index (κ2) is 13.2. The van der Waals surface area contributed by atoms with E-state index in [2.05, 4.69) is 181 Å². The van der Waals surface area contributed by atoms with Crippen LogP contribution in [-0.2, 0) is 12.1 Å². The zero-order valence-electron chi connectivity index (χ0n) is 26.0. The van der Waals surface area contributed by atoms with Gasteiger partial charge in [-0.2, -0.15) is 0 Å². The van der Waals surface area contributed by atoms with Crippen LogP contribution in [0.4, 0.5) is 0 Å². The van der Waals surface area contributed by atoms with Crippen molar-refractivity contribution in [2.24, 2.45) is 0 Å². The van der Waals surface area contributed by atoms with E-state index in [4.69, 9.17) is 0 Å². The topological polar surface area (TPSA) is 24.9 Å². The lowest BCUT2D eigenvalue weighted by Crippen LogP contribution is -2.40. The van der Waals surface area contributed by atoms with Crippen molar-refractivity contribution >= 4 is 0 Å². The first kappa shape index (κ1) is 29.2. The van der Waals surface area contributed by atoms with Crippen LogP contribution in [0, 0.1) is 0 Å². The summed E-state index contributed by atoms with van der Waals surface area (Å²) in [5.74, 6) is 0. The SMILES string of the molecule is CC(NCc1ccc(-c2ccccc2)cc1)(c1ccccc1)c1cc(-c2ccccc2)cc(-c2ccc(-c3cccnc3)cc2)c1. The van der Waals surface area contributed by atoms with Crippen LogP contribution in [0.25, 0.3) is 44.5 Å². The standard InChI is InChI=1S/C44H36N2/c1-44(42-17-9-4-10-18-42,46-31-33-19-21-36(22-20-33)34-12-5-2-6-13-34)43-29-40(35-14-7-3-8-15-35)28-41(30-43)38-25-23-37(24-26-38)39-16-11-27-45-32-39/h2-30,32,46H,31H2,1H3. The van der Waals surface area contributed by atoms with Gasteiger partial charge < -0.3 is 0 Å². The minimum atomic E-state index is -0.450. The fourth-order valence-corrected chi connectivity index (χ4v) is 6.14. The van der Waals surface area contributed by atoms with Gasteiger partial charge in [-0.05, 0) is 92.4 Å². The maximum absolute atomic E-state index is 4.30. The minimum absolute atomic E-state index is 0.450. The molecule has 1 aromatic heterocycles. The zero-order chi connectivity index (χ0) is 31.2. The highest BCUT2D eigenvalue weighted by molar-refractivity contribution is 5.77. The molecule has 0 bridgehead atoms. The lowest BCUT2D eigenvalue weighted by Gasteiger charge is -2.33. The van der Waals surface area contributed by atoms with Crippen molar-refractivity contribution < 1.29 is 0 Å². The number of pyridine rings is 1. The fourth-order valence-electron chi connectivity index (χ4n) is 6.14. The summed E-state index contributed by atoms with van der Waals surface area (Å²) in [4.78, 5) is 4.30. The van der Waals surface area contributed by atoms with Gasteiger partial charge in [0.15, 0.2) is 0 Å². The summed E-state index contributed by atoms with van der Waals surface area (Å²) < 4.78 is 0. The third kappa shape index (κ3) is 6.30. The number of rotatable bonds is 9. The molecule has 1 unspecified atom stereocenters. The van der Waals surface area contributed by atoms with E-state index in [1.807, 2.05) is 18.5 Å². The van der Waals surface area contributed by atoms with Gasteiger partial charge in [-0.1, -0.05) is 146 Å². The second-order valence-corrected chi connectivity index (χ2v) is 11.9. The quantitative estimate of drug-likeness (QED) is 0.180. The van der Waals surface area contributed by atoms with Crippen LogP contribution in [0.15, 0.2) is 182 Å². The number of benzene rings is 6. The van der Waals surface area contributed by atoms with Crippen molar-refractivity contribution in [2.75, 3.05) is 0 Å². The van der Waals surface area contributed by atoms with E-state index < -0.39 is 5.54 Å². The van der Waals surface area contributed by atoms with Crippen LogP contribution in [0.2, 0.25) is 0 Å². The van der Waals surface area contributed by atoms with Crippen LogP contribution < -0.4 is 5.32 Å². The largest absolute Gasteiger partial charge is 0.300 e. The monoisotopic (exact) mass is 592 g/mol. The highest BCUT2D eigenvalue weighted by Gasteiger charge is 2.29. The van der Waals surface area contributed by atoms with E-state index in [1.54, 1.807) is 0 Å². The lowest BCUT2D eigenvalue weighted by atomic mass is 9.81. The minimum Gasteiger partial charge on any atom is -0.300 e. The van der Waals surface area contributed by atoms with E-state index in [0.717, 1.165) is 17.7 Å². The Balaban J connectivity index is 1.28. The first-order valence-electron chi connectivity index (χ1n) is 15.8. The van der Waals surface area contributed by atoms with Crippen molar-refractivity contribution in [1.82, 2.24) is 10.3 Å². The average Bonchev–Trinajstić information content (AvgIpc) is 3.15. The van der Waals surface area contributed by atoms with Gasteiger partial charge in [0.1, 0.15) is 0 Å². The summed E-state index contributed by atoms with van der Waals surface area (Å²) in [6.07, 6.45) is 3.72. The van der Waals surface area contributed by atoms with Crippen molar-refractivity contribution in [3.8, 4) is 44.5 Å². The lowest BCUT2D eigenvalue weighted by molar-refractivity contribution is 0.436. The van der Waals surface area contributed by atoms with E-state index >= 15 is 0 Å². The number of nitrogens with one attached hydrogen (secondary N) is 1. The molecule has 0 aliphatic rings. The molecule has 0 fully saturated rings. The smallest absolute Gasteiger partial charge is 0.0664 e. The molecule has 2 nitrogen and oxygen atoms in total. The molecule has 1 heterocycles. The van der Waals surface area contributed by atoms with Gasteiger partial charge >= 0.3 is 0 Å². The average molecular weight is 593 g/mol. The van der Waals surface area contributed by atoms with Gasteiger partial charge in [-0.15, -0.1) is 0 Å². The van der Waals surface area contributed by atoms with Gasteiger partial charge in [0.05, 0.1) is 5.54 Å². The Kier molecular flexibility index (Phi) is 8.36. The van der Waals surface area contributed by atoms with E-state index in [-0.39, 0.29) is 0 Å². The Morgan fingerprint density at radius 3 is 1.46 bits per heavy atom. The summed E-state index contributed by atoms with van der Waals surface area (Å²) in [7, 11) is 0. The molecule has 0 spiro atoms. The molecule has 0 amide bonds. The molecule has 46 heavy (non-hydrogen) atoms. The third-order valence-corrected chi connectivity index (χ3v) is 8.89. The van der Waals surface area contributed by atoms with Crippen LogP contribution >= 0.6 is 0 Å². The molecule has 0 aliphatic heterocycles. The molecule has 0 aliphatic carbocycles. The Bertz CT molecular complexity index is 2000. The number of nitrogens with zero attached hydrogens (tertiary/aromatic N) is 1. The summed E-state index contributed by atoms with van der Waals surface area (Å²) in [6.45, 7) is 3.03. The molecular formula is C44H36N2. The first-order valence-corrected chi connectivity index (χ1v) is 15.8. The van der Waals surface area contributed by atoms with Crippen LogP contribution in [-0.4, -0.2) is 4.98 Å². The van der Waals surface area contributed by atoms with Gasteiger partial charge in [-0.3, -0.25) is 10.3 Å². The summed E-state index contributed by atoms with van der Waals surface area (Å²) in [6, 6.07) is 60.8. The molecule has 0 radical (unpaired) electrons. The second-order valence-electron chi connectivity index (χ2n) is 11.9. The Morgan fingerprint density at radius 2 is 0.891 bits per heavy atom. The molecule has 2 heteroatoms. The molecule has 1 atom stereocenters. The van der Waals surface area contributed by atoms with Gasteiger partial charge in [0, 0.05) is 18.9 Å². The zero-order valence-corrected chi connectivity index (χ0v) is 26.0. The molecule has 6 aromatic carbocycles. The number of aromatic nitrogens is 1. The Hall–Kier alpha value is -5.57. The fraction of sp³-hybridized carbons (Fsp3) is 0.0682. The highest BCUT2D eigenvalue weighted by Crippen LogP contribution is 2.37. The van der Waals surface area contributed by atoms with Gasteiger partial charge in [0.25, 0.3) is 0 Å². The molecule has 1 N–H and O–H groups in total. The first-order chi connectivity index (χ1) is 22.7. The Labute approximate surface area is 272 Å². The molecule has 222 valence electrons. The highest BCUT2D eigenvalue weighted by atomic mass is 15.0. The molecule has 7 rings (SSSR count). The van der Waals surface area contributed by atoms with Crippen molar-refractivity contribution in [3.63, 3.8) is 0 Å². The maximum Gasteiger partial charge on any atom is 0.0664 e. The number of hydrogen-bond acceptors (Lipinski definition) is 2. The molecular weight excluding hydrogens is 556 g/mol. The van der Waals surface area contributed by atoms with E-state index in [1.165, 1.54) is 50.1 Å². The van der Waals surface area contributed by atoms with Gasteiger partial charge in [0.2, 0.25) is 0 Å². The summed E-state index contributed by atoms with van der Waals surface area (Å²) in [5.41, 5.74) is 12.7. The van der Waals surface area contributed by atoms with Crippen LogP contribution in [0.5, 0.6) is 0 Å². The van der Waals surface area contributed by atoms with Crippen LogP contribution in [0.1, 0.15) is 23.6 Å². The van der Waals surface area contributed by atoms with Crippen molar-refractivity contribution in [2.45, 2.75) is 19.0 Å². The van der Waals surface area contributed by atoms with E-state index in [9.17, 15) is 0 Å². The van der Waals surface area contributed by atoms with Gasteiger partial charge in [-0.25, -0.2) is 0 Å². The van der Waals surface area contributed by atoms with Crippen molar-refractivity contribution in [1.29, 1.82) is 0 Å².